The molecular formula is C15H24BrNO2. The summed E-state index contributed by atoms with van der Waals surface area (Å²) in [5, 5.41) is 12.8. The Hall–Kier alpha value is -0.580. The van der Waals surface area contributed by atoms with Crippen molar-refractivity contribution in [1.82, 2.24) is 5.32 Å². The lowest BCUT2D eigenvalue weighted by Gasteiger charge is -2.23. The Morgan fingerprint density at radius 2 is 2.00 bits per heavy atom. The number of hydrogen-bond acceptors (Lipinski definition) is 3. The van der Waals surface area contributed by atoms with Crippen LogP contribution in [-0.2, 0) is 6.54 Å². The minimum Gasteiger partial charge on any atom is -0.490 e. The molecule has 0 saturated heterocycles. The van der Waals surface area contributed by atoms with Crippen molar-refractivity contribution in [2.45, 2.75) is 52.8 Å². The van der Waals surface area contributed by atoms with E-state index in [1.165, 1.54) is 0 Å². The minimum atomic E-state index is -0.466. The van der Waals surface area contributed by atoms with Crippen LogP contribution in [0.2, 0.25) is 0 Å². The lowest BCUT2D eigenvalue weighted by molar-refractivity contribution is 0.121. The molecule has 0 heterocycles. The molecule has 0 saturated carbocycles. The zero-order valence-electron chi connectivity index (χ0n) is 12.4. The van der Waals surface area contributed by atoms with Crippen molar-refractivity contribution in [2.75, 3.05) is 6.61 Å². The first-order chi connectivity index (χ1) is 8.69. The highest BCUT2D eigenvalue weighted by atomic mass is 79.9. The number of nitrogens with one attached hydrogen (secondary N) is 1. The van der Waals surface area contributed by atoms with Gasteiger partial charge in [-0.25, -0.2) is 0 Å². The Morgan fingerprint density at radius 1 is 1.37 bits per heavy atom. The van der Waals surface area contributed by atoms with E-state index < -0.39 is 6.10 Å². The third-order valence-corrected chi connectivity index (χ3v) is 3.05. The smallest absolute Gasteiger partial charge is 0.126 e. The van der Waals surface area contributed by atoms with Gasteiger partial charge in [-0.3, -0.25) is 0 Å². The number of aliphatic hydroxyl groups is 1. The van der Waals surface area contributed by atoms with Crippen LogP contribution < -0.4 is 10.1 Å². The molecule has 108 valence electrons. The van der Waals surface area contributed by atoms with Gasteiger partial charge < -0.3 is 15.2 Å². The number of aryl methyl sites for hydroxylation is 1. The summed E-state index contributed by atoms with van der Waals surface area (Å²) in [7, 11) is 0. The summed E-state index contributed by atoms with van der Waals surface area (Å²) in [6.45, 7) is 11.2. The topological polar surface area (TPSA) is 41.5 Å². The predicted molar refractivity (Wildman–Crippen MR) is 82.6 cm³/mol. The van der Waals surface area contributed by atoms with E-state index in [0.717, 1.165) is 27.9 Å². The molecule has 1 aromatic rings. The molecule has 0 spiro atoms. The second-order valence-corrected chi connectivity index (χ2v) is 6.89. The molecule has 0 aliphatic rings. The number of rotatable bonds is 5. The summed E-state index contributed by atoms with van der Waals surface area (Å²) in [5.74, 6) is 0.862. The van der Waals surface area contributed by atoms with Gasteiger partial charge in [0, 0.05) is 22.1 Å². The van der Waals surface area contributed by atoms with Crippen LogP contribution in [0.3, 0.4) is 0 Å². The van der Waals surface area contributed by atoms with E-state index in [0.29, 0.717) is 6.61 Å². The lowest BCUT2D eigenvalue weighted by atomic mass is 10.1. The maximum Gasteiger partial charge on any atom is 0.126 e. The van der Waals surface area contributed by atoms with E-state index in [2.05, 4.69) is 48.1 Å². The zero-order valence-corrected chi connectivity index (χ0v) is 14.0. The van der Waals surface area contributed by atoms with Crippen LogP contribution in [0.15, 0.2) is 16.6 Å². The van der Waals surface area contributed by atoms with Crippen LogP contribution in [0.1, 0.15) is 38.8 Å². The summed E-state index contributed by atoms with van der Waals surface area (Å²) in [4.78, 5) is 0. The molecule has 4 heteroatoms. The molecule has 1 unspecified atom stereocenters. The van der Waals surface area contributed by atoms with Gasteiger partial charge in [0.15, 0.2) is 0 Å². The van der Waals surface area contributed by atoms with E-state index in [4.69, 9.17) is 4.74 Å². The molecule has 0 amide bonds. The van der Waals surface area contributed by atoms with E-state index in [-0.39, 0.29) is 5.54 Å². The molecule has 0 radical (unpaired) electrons. The molecule has 1 atom stereocenters. The number of benzene rings is 1. The average Bonchev–Trinajstić information content (AvgIpc) is 2.23. The summed E-state index contributed by atoms with van der Waals surface area (Å²) >= 11 is 3.51. The maximum absolute atomic E-state index is 9.36. The van der Waals surface area contributed by atoms with E-state index >= 15 is 0 Å². The van der Waals surface area contributed by atoms with Gasteiger partial charge in [0.1, 0.15) is 12.4 Å². The van der Waals surface area contributed by atoms with Crippen molar-refractivity contribution in [3.63, 3.8) is 0 Å². The number of ether oxygens (including phenoxy) is 1. The third-order valence-electron chi connectivity index (χ3n) is 2.59. The highest BCUT2D eigenvalue weighted by Gasteiger charge is 2.14. The van der Waals surface area contributed by atoms with Gasteiger partial charge in [0.2, 0.25) is 0 Å². The predicted octanol–water partition coefficient (Wildman–Crippen LogP) is 3.41. The van der Waals surface area contributed by atoms with Crippen LogP contribution in [-0.4, -0.2) is 23.4 Å². The fourth-order valence-corrected chi connectivity index (χ4v) is 2.32. The first kappa shape index (κ1) is 16.5. The van der Waals surface area contributed by atoms with Crippen LogP contribution in [0.25, 0.3) is 0 Å². The molecule has 1 rings (SSSR count). The van der Waals surface area contributed by atoms with Gasteiger partial charge in [-0.05, 0) is 52.3 Å². The van der Waals surface area contributed by atoms with Gasteiger partial charge in [-0.2, -0.15) is 0 Å². The van der Waals surface area contributed by atoms with Crippen molar-refractivity contribution >= 4 is 15.9 Å². The van der Waals surface area contributed by atoms with E-state index in [1.807, 2.05) is 13.0 Å². The highest BCUT2D eigenvalue weighted by molar-refractivity contribution is 9.10. The summed E-state index contributed by atoms with van der Waals surface area (Å²) in [6.07, 6.45) is -0.466. The van der Waals surface area contributed by atoms with Crippen molar-refractivity contribution in [1.29, 1.82) is 0 Å². The first-order valence-electron chi connectivity index (χ1n) is 6.54. The van der Waals surface area contributed by atoms with Crippen molar-refractivity contribution in [3.05, 3.63) is 27.7 Å². The fourth-order valence-electron chi connectivity index (χ4n) is 1.70. The molecule has 19 heavy (non-hydrogen) atoms. The van der Waals surface area contributed by atoms with Crippen molar-refractivity contribution < 1.29 is 9.84 Å². The van der Waals surface area contributed by atoms with Gasteiger partial charge in [0.25, 0.3) is 0 Å². The second-order valence-electron chi connectivity index (χ2n) is 5.97. The SMILES string of the molecule is Cc1cc(Br)cc(CNC(C)(C)C)c1OCC(C)O. The molecule has 3 nitrogen and oxygen atoms in total. The highest BCUT2D eigenvalue weighted by Crippen LogP contribution is 2.28. The molecule has 0 aliphatic carbocycles. The Bertz CT molecular complexity index is 425. The summed E-state index contributed by atoms with van der Waals surface area (Å²) in [5.41, 5.74) is 2.22. The largest absolute Gasteiger partial charge is 0.490 e. The summed E-state index contributed by atoms with van der Waals surface area (Å²) < 4.78 is 6.78. The van der Waals surface area contributed by atoms with Gasteiger partial charge >= 0.3 is 0 Å². The lowest BCUT2D eigenvalue weighted by Crippen LogP contribution is -2.35. The van der Waals surface area contributed by atoms with Gasteiger partial charge in [-0.15, -0.1) is 0 Å². The van der Waals surface area contributed by atoms with Gasteiger partial charge in [0.05, 0.1) is 6.10 Å². The molecule has 0 fully saturated rings. The molecular weight excluding hydrogens is 306 g/mol. The van der Waals surface area contributed by atoms with Crippen molar-refractivity contribution in [3.8, 4) is 5.75 Å². The van der Waals surface area contributed by atoms with Crippen molar-refractivity contribution in [2.24, 2.45) is 0 Å². The monoisotopic (exact) mass is 329 g/mol. The zero-order chi connectivity index (χ0) is 14.6. The van der Waals surface area contributed by atoms with Crippen LogP contribution >= 0.6 is 15.9 Å². The average molecular weight is 330 g/mol. The molecule has 0 bridgehead atoms. The normalized spacial score (nSPS) is 13.4. The molecule has 0 aromatic heterocycles. The number of hydrogen-bond donors (Lipinski definition) is 2. The second kappa shape index (κ2) is 6.73. The number of halogens is 1. The third kappa shape index (κ3) is 5.93. The fraction of sp³-hybridized carbons (Fsp3) is 0.600. The summed E-state index contributed by atoms with van der Waals surface area (Å²) in [6, 6.07) is 4.08. The van der Waals surface area contributed by atoms with Crippen LogP contribution in [0.5, 0.6) is 5.75 Å². The van der Waals surface area contributed by atoms with Gasteiger partial charge in [-0.1, -0.05) is 15.9 Å². The molecule has 2 N–H and O–H groups in total. The Kier molecular flexibility index (Phi) is 5.83. The standard InChI is InChI=1S/C15H24BrNO2/c1-10-6-13(16)7-12(8-17-15(3,4)5)14(10)19-9-11(2)18/h6-7,11,17-18H,8-9H2,1-5H3. The molecule has 0 aliphatic heterocycles. The maximum atomic E-state index is 9.36. The van der Waals surface area contributed by atoms with E-state index in [9.17, 15) is 5.11 Å². The quantitative estimate of drug-likeness (QED) is 0.869. The Balaban J connectivity index is 2.92. The Labute approximate surface area is 124 Å². The first-order valence-corrected chi connectivity index (χ1v) is 7.33. The van der Waals surface area contributed by atoms with E-state index in [1.54, 1.807) is 6.92 Å². The Morgan fingerprint density at radius 3 is 2.53 bits per heavy atom. The minimum absolute atomic E-state index is 0.0533. The number of aliphatic hydroxyl groups excluding tert-OH is 1. The van der Waals surface area contributed by atoms with Crippen LogP contribution in [0.4, 0.5) is 0 Å². The molecule has 1 aromatic carbocycles. The van der Waals surface area contributed by atoms with Crippen LogP contribution in [0, 0.1) is 6.92 Å².